The summed E-state index contributed by atoms with van der Waals surface area (Å²) in [6.07, 6.45) is 3.32. The molecule has 1 fully saturated rings. The number of aromatic nitrogens is 3. The molecule has 3 aromatic rings. The van der Waals surface area contributed by atoms with Crippen LogP contribution in [0, 0.1) is 11.8 Å². The van der Waals surface area contributed by atoms with Crippen LogP contribution in [0.4, 0.5) is 5.95 Å². The molecule has 2 aromatic heterocycles. The topological polar surface area (TPSA) is 71.0 Å². The Hall–Kier alpha value is -3.56. The van der Waals surface area contributed by atoms with Gasteiger partial charge in [-0.3, -0.25) is 4.79 Å². The summed E-state index contributed by atoms with van der Waals surface area (Å²) in [6.45, 7) is 3.34. The zero-order chi connectivity index (χ0) is 19.2. The molecule has 0 aliphatic carbocycles. The lowest BCUT2D eigenvalue weighted by Gasteiger charge is -2.27. The summed E-state index contributed by atoms with van der Waals surface area (Å²) in [5, 5.41) is 3.30. The Labute approximate surface area is 163 Å². The van der Waals surface area contributed by atoms with Crippen molar-refractivity contribution in [3.8, 4) is 11.8 Å². The van der Waals surface area contributed by atoms with E-state index in [1.54, 1.807) is 24.5 Å². The molecule has 3 heterocycles. The van der Waals surface area contributed by atoms with Gasteiger partial charge in [0.05, 0.1) is 5.56 Å². The Bertz CT molecular complexity index is 1020. The van der Waals surface area contributed by atoms with Gasteiger partial charge in [0.15, 0.2) is 0 Å². The molecule has 0 atom stereocenters. The van der Waals surface area contributed by atoms with Gasteiger partial charge >= 0.3 is 0 Å². The maximum atomic E-state index is 13.1. The second kappa shape index (κ2) is 8.42. The minimum atomic E-state index is -0.162. The van der Waals surface area contributed by atoms with E-state index in [1.165, 1.54) is 0 Å². The first-order chi connectivity index (χ1) is 13.8. The first-order valence-corrected chi connectivity index (χ1v) is 9.17. The molecule has 0 saturated carbocycles. The fourth-order valence-corrected chi connectivity index (χ4v) is 2.95. The summed E-state index contributed by atoms with van der Waals surface area (Å²) >= 11 is 0. The predicted octanol–water partition coefficient (Wildman–Crippen LogP) is 1.91. The van der Waals surface area contributed by atoms with E-state index in [9.17, 15) is 4.79 Å². The number of nitrogens with zero attached hydrogens (tertiary/aromatic N) is 4. The Morgan fingerprint density at radius 1 is 0.964 bits per heavy atom. The largest absolute Gasteiger partial charge is 0.338 e. The molecule has 0 unspecified atom stereocenters. The van der Waals surface area contributed by atoms with E-state index in [-0.39, 0.29) is 5.78 Å². The Morgan fingerprint density at radius 3 is 2.50 bits per heavy atom. The highest BCUT2D eigenvalue weighted by Crippen LogP contribution is 2.16. The molecule has 28 heavy (non-hydrogen) atoms. The summed E-state index contributed by atoms with van der Waals surface area (Å²) in [4.78, 5) is 28.5. The summed E-state index contributed by atoms with van der Waals surface area (Å²) < 4.78 is 0. The maximum absolute atomic E-state index is 13.1. The lowest BCUT2D eigenvalue weighted by Crippen LogP contribution is -2.44. The summed E-state index contributed by atoms with van der Waals surface area (Å²) in [6, 6.07) is 14.6. The zero-order valence-corrected chi connectivity index (χ0v) is 15.3. The van der Waals surface area contributed by atoms with Crippen molar-refractivity contribution in [2.45, 2.75) is 0 Å². The second-order valence-electron chi connectivity index (χ2n) is 6.33. The molecular formula is C22H19N5O. The van der Waals surface area contributed by atoms with E-state index in [0.29, 0.717) is 28.5 Å². The third kappa shape index (κ3) is 4.05. The molecule has 1 aliphatic rings. The first-order valence-electron chi connectivity index (χ1n) is 9.17. The van der Waals surface area contributed by atoms with Crippen LogP contribution in [0.5, 0.6) is 0 Å². The molecule has 6 heteroatoms. The van der Waals surface area contributed by atoms with Crippen molar-refractivity contribution < 1.29 is 4.79 Å². The first kappa shape index (κ1) is 17.8. The van der Waals surface area contributed by atoms with E-state index < -0.39 is 0 Å². The molecule has 0 radical (unpaired) electrons. The number of rotatable bonds is 3. The van der Waals surface area contributed by atoms with Crippen molar-refractivity contribution in [3.63, 3.8) is 0 Å². The van der Waals surface area contributed by atoms with Crippen molar-refractivity contribution in [3.05, 3.63) is 83.4 Å². The van der Waals surface area contributed by atoms with Crippen LogP contribution in [0.1, 0.15) is 27.3 Å². The van der Waals surface area contributed by atoms with Gasteiger partial charge in [0.2, 0.25) is 11.7 Å². The van der Waals surface area contributed by atoms with E-state index in [2.05, 4.69) is 37.0 Å². The van der Waals surface area contributed by atoms with Gasteiger partial charge in [-0.25, -0.2) is 15.0 Å². The van der Waals surface area contributed by atoms with E-state index in [0.717, 1.165) is 26.2 Å². The zero-order valence-electron chi connectivity index (χ0n) is 15.3. The second-order valence-corrected chi connectivity index (χ2v) is 6.33. The number of pyridine rings is 1. The number of carbonyl (C=O) groups is 1. The van der Waals surface area contributed by atoms with E-state index in [4.69, 9.17) is 0 Å². The van der Waals surface area contributed by atoms with Gasteiger partial charge in [-0.2, -0.15) is 0 Å². The molecule has 0 bridgehead atoms. The van der Waals surface area contributed by atoms with Gasteiger partial charge in [0, 0.05) is 44.1 Å². The Balaban J connectivity index is 1.74. The number of benzene rings is 1. The van der Waals surface area contributed by atoms with Gasteiger partial charge < -0.3 is 10.2 Å². The van der Waals surface area contributed by atoms with Crippen molar-refractivity contribution in [2.24, 2.45) is 0 Å². The van der Waals surface area contributed by atoms with Crippen LogP contribution in [-0.2, 0) is 0 Å². The molecule has 0 amide bonds. The average Bonchev–Trinajstić information content (AvgIpc) is 2.79. The van der Waals surface area contributed by atoms with E-state index in [1.807, 2.05) is 36.4 Å². The highest BCUT2D eigenvalue weighted by molar-refractivity contribution is 6.09. The molecule has 6 nitrogen and oxygen atoms in total. The number of anilines is 1. The number of hydrogen-bond donors (Lipinski definition) is 1. The van der Waals surface area contributed by atoms with Crippen molar-refractivity contribution in [2.75, 3.05) is 31.1 Å². The Kier molecular flexibility index (Phi) is 5.36. The van der Waals surface area contributed by atoms with Crippen LogP contribution < -0.4 is 10.2 Å². The molecule has 1 aromatic carbocycles. The van der Waals surface area contributed by atoms with Crippen molar-refractivity contribution in [1.29, 1.82) is 0 Å². The summed E-state index contributed by atoms with van der Waals surface area (Å²) in [7, 11) is 0. The minimum Gasteiger partial charge on any atom is -0.338 e. The summed E-state index contributed by atoms with van der Waals surface area (Å²) in [5.74, 6) is 6.41. The van der Waals surface area contributed by atoms with Gasteiger partial charge in [0.25, 0.3) is 0 Å². The van der Waals surface area contributed by atoms with Gasteiger partial charge in [-0.15, -0.1) is 0 Å². The average molecular weight is 369 g/mol. The van der Waals surface area contributed by atoms with Crippen LogP contribution >= 0.6 is 0 Å². The number of carbonyl (C=O) groups excluding carboxylic acids is 1. The van der Waals surface area contributed by atoms with Crippen LogP contribution in [0.15, 0.2) is 60.9 Å². The molecule has 1 aliphatic heterocycles. The van der Waals surface area contributed by atoms with Crippen LogP contribution in [0.2, 0.25) is 0 Å². The van der Waals surface area contributed by atoms with Gasteiger partial charge in [-0.05, 0) is 18.1 Å². The fraction of sp³-hybridized carbons (Fsp3) is 0.182. The molecule has 4 rings (SSSR count). The highest BCUT2D eigenvalue weighted by Gasteiger charge is 2.19. The van der Waals surface area contributed by atoms with Crippen molar-refractivity contribution >= 4 is 11.7 Å². The summed E-state index contributed by atoms with van der Waals surface area (Å²) in [5.41, 5.74) is 2.02. The maximum Gasteiger partial charge on any atom is 0.226 e. The molecule has 0 spiro atoms. The fourth-order valence-electron chi connectivity index (χ4n) is 2.95. The van der Waals surface area contributed by atoms with Crippen molar-refractivity contribution in [1.82, 2.24) is 20.3 Å². The number of nitrogens with one attached hydrogen (secondary N) is 1. The van der Waals surface area contributed by atoms with Gasteiger partial charge in [0.1, 0.15) is 11.4 Å². The third-order valence-electron chi connectivity index (χ3n) is 4.42. The minimum absolute atomic E-state index is 0.162. The molecule has 1 N–H and O–H groups in total. The standard InChI is InChI=1S/C22H19N5O/c28-21(17-6-2-1-3-7-17)20-18(9-10-19-8-4-5-11-24-19)16-25-22(26-20)27-14-12-23-13-15-27/h1-8,11,16,23H,12-15H2. The van der Waals surface area contributed by atoms with Gasteiger partial charge in [-0.1, -0.05) is 42.3 Å². The smallest absolute Gasteiger partial charge is 0.226 e. The quantitative estimate of drug-likeness (QED) is 0.562. The SMILES string of the molecule is O=C(c1ccccc1)c1nc(N2CCNCC2)ncc1C#Cc1ccccn1. The lowest BCUT2D eigenvalue weighted by molar-refractivity contribution is 0.103. The van der Waals surface area contributed by atoms with Crippen LogP contribution in [-0.4, -0.2) is 46.9 Å². The van der Waals surface area contributed by atoms with Crippen LogP contribution in [0.25, 0.3) is 0 Å². The highest BCUT2D eigenvalue weighted by atomic mass is 16.1. The molecule has 138 valence electrons. The number of ketones is 1. The normalized spacial score (nSPS) is 13.5. The monoisotopic (exact) mass is 369 g/mol. The number of hydrogen-bond acceptors (Lipinski definition) is 6. The lowest BCUT2D eigenvalue weighted by atomic mass is 10.0. The van der Waals surface area contributed by atoms with Crippen LogP contribution in [0.3, 0.4) is 0 Å². The van der Waals surface area contributed by atoms with E-state index >= 15 is 0 Å². The Morgan fingerprint density at radius 2 is 1.75 bits per heavy atom. The molecule has 1 saturated heterocycles. The third-order valence-corrected chi connectivity index (χ3v) is 4.42. The predicted molar refractivity (Wildman–Crippen MR) is 107 cm³/mol. The molecular weight excluding hydrogens is 350 g/mol. The number of piperazine rings is 1.